The van der Waals surface area contributed by atoms with E-state index in [9.17, 15) is 0 Å². The van der Waals surface area contributed by atoms with Gasteiger partial charge in [0.2, 0.25) is 0 Å². The Bertz CT molecular complexity index is 110. The predicted octanol–water partition coefficient (Wildman–Crippen LogP) is 2.63. The molecule has 0 unspecified atom stereocenters. The van der Waals surface area contributed by atoms with Crippen LogP contribution < -0.4 is 0 Å². The van der Waals surface area contributed by atoms with Crippen molar-refractivity contribution in [3.8, 4) is 0 Å². The SMILES string of the molecule is C[Si][Si](C)(C)S[Si](C)(C)[Si]C. The number of hydrogen-bond acceptors (Lipinski definition) is 1. The minimum absolute atomic E-state index is 0.821. The summed E-state index contributed by atoms with van der Waals surface area (Å²) in [6.07, 6.45) is 0. The van der Waals surface area contributed by atoms with Crippen molar-refractivity contribution >= 4 is 42.2 Å². The van der Waals surface area contributed by atoms with Crippen molar-refractivity contribution in [1.82, 2.24) is 0 Å². The first-order valence-electron chi connectivity index (χ1n) is 3.91. The molecule has 0 heterocycles. The highest BCUT2D eigenvalue weighted by Gasteiger charge is 2.29. The van der Waals surface area contributed by atoms with Crippen molar-refractivity contribution in [3.05, 3.63) is 0 Å². The molecule has 0 aliphatic carbocycles. The second-order valence-corrected chi connectivity index (χ2v) is 32.1. The summed E-state index contributed by atoms with van der Waals surface area (Å²) in [7, 11) is 4.81. The zero-order valence-corrected chi connectivity index (χ0v) is 13.2. The zero-order valence-electron chi connectivity index (χ0n) is 8.41. The van der Waals surface area contributed by atoms with E-state index in [0.29, 0.717) is 0 Å². The minimum atomic E-state index is -0.821. The third-order valence-electron chi connectivity index (χ3n) is 1.71. The van der Waals surface area contributed by atoms with Crippen molar-refractivity contribution in [1.29, 1.82) is 0 Å². The highest BCUT2D eigenvalue weighted by molar-refractivity contribution is 8.56. The maximum absolute atomic E-state index is 2.52. The van der Waals surface area contributed by atoms with E-state index in [1.807, 2.05) is 0 Å². The Morgan fingerprint density at radius 1 is 0.818 bits per heavy atom. The lowest BCUT2D eigenvalue weighted by molar-refractivity contribution is 2.01. The van der Waals surface area contributed by atoms with Crippen molar-refractivity contribution in [3.63, 3.8) is 0 Å². The second-order valence-electron chi connectivity index (χ2n) is 3.62. The Labute approximate surface area is 81.5 Å². The quantitative estimate of drug-likeness (QED) is 0.674. The monoisotopic (exact) mass is 234 g/mol. The highest BCUT2D eigenvalue weighted by Crippen LogP contribution is 2.28. The van der Waals surface area contributed by atoms with Crippen LogP contribution in [-0.2, 0) is 0 Å². The van der Waals surface area contributed by atoms with E-state index in [1.54, 1.807) is 0 Å². The van der Waals surface area contributed by atoms with E-state index < -0.39 is 13.5 Å². The normalized spacial score (nSPS) is 13.6. The summed E-state index contributed by atoms with van der Waals surface area (Å²) in [5, 5.41) is 0. The van der Waals surface area contributed by atoms with E-state index in [-0.39, 0.29) is 0 Å². The van der Waals surface area contributed by atoms with Gasteiger partial charge in [0, 0.05) is 18.1 Å². The van der Waals surface area contributed by atoms with E-state index in [4.69, 9.17) is 0 Å². The fourth-order valence-corrected chi connectivity index (χ4v) is 42.0. The number of hydrogen-bond donors (Lipinski definition) is 0. The molecule has 0 amide bonds. The molecule has 0 nitrogen and oxygen atoms in total. The smallest absolute Gasteiger partial charge is 0.0895 e. The molecule has 64 valence electrons. The van der Waals surface area contributed by atoms with E-state index >= 15 is 0 Å². The van der Waals surface area contributed by atoms with Crippen LogP contribution in [0, 0.1) is 0 Å². The van der Waals surface area contributed by atoms with E-state index in [1.165, 1.54) is 18.1 Å². The first-order valence-corrected chi connectivity index (χ1v) is 17.2. The largest absolute Gasteiger partial charge is 0.213 e. The van der Waals surface area contributed by atoms with Crippen LogP contribution in [0.5, 0.6) is 0 Å². The topological polar surface area (TPSA) is 0 Å². The third kappa shape index (κ3) is 5.46. The average molecular weight is 235 g/mol. The summed E-state index contributed by atoms with van der Waals surface area (Å²) in [6.45, 7) is 13.2. The number of rotatable bonds is 4. The third-order valence-corrected chi connectivity index (χ3v) is 33.8. The predicted molar refractivity (Wildman–Crippen MR) is 65.8 cm³/mol. The van der Waals surface area contributed by atoms with Gasteiger partial charge in [-0.05, 0) is 0 Å². The molecule has 0 aliphatic heterocycles. The molecule has 0 aromatic carbocycles. The molecule has 0 aromatic rings. The fraction of sp³-hybridized carbons (Fsp3) is 1.00. The molecule has 0 rings (SSSR count). The second kappa shape index (κ2) is 4.45. The van der Waals surface area contributed by atoms with Crippen LogP contribution in [0.25, 0.3) is 0 Å². The molecular weight excluding hydrogens is 216 g/mol. The summed E-state index contributed by atoms with van der Waals surface area (Å²) < 4.78 is 0. The fourth-order valence-electron chi connectivity index (χ4n) is 0.740. The maximum Gasteiger partial charge on any atom is 0.0895 e. The molecule has 0 spiro atoms. The van der Waals surface area contributed by atoms with Gasteiger partial charge in [0.1, 0.15) is 0 Å². The Balaban J connectivity index is 4.02. The van der Waals surface area contributed by atoms with Crippen LogP contribution in [0.2, 0.25) is 39.3 Å². The Morgan fingerprint density at radius 2 is 1.09 bits per heavy atom. The minimum Gasteiger partial charge on any atom is -0.213 e. The van der Waals surface area contributed by atoms with Crippen LogP contribution in [0.1, 0.15) is 0 Å². The van der Waals surface area contributed by atoms with Gasteiger partial charge in [-0.2, -0.15) is 0 Å². The lowest BCUT2D eigenvalue weighted by Crippen LogP contribution is -2.41. The summed E-state index contributed by atoms with van der Waals surface area (Å²) in [5.41, 5.74) is 0. The molecule has 0 fully saturated rings. The molecule has 0 aromatic heterocycles. The standard InChI is InChI=1S/C6H18SSi4/c1-8-10(3,4)7-11(5,6)9-2/h1-6H3. The molecule has 0 bridgehead atoms. The van der Waals surface area contributed by atoms with E-state index in [0.717, 1.165) is 0 Å². The molecule has 11 heavy (non-hydrogen) atoms. The Morgan fingerprint density at radius 3 is 1.27 bits per heavy atom. The molecule has 0 saturated heterocycles. The summed E-state index contributed by atoms with van der Waals surface area (Å²) in [5.74, 6) is 0. The molecule has 5 heteroatoms. The molecule has 0 saturated carbocycles. The first-order chi connectivity index (χ1) is 4.83. The molecule has 0 N–H and O–H groups in total. The summed E-state index contributed by atoms with van der Waals surface area (Å²) in [6, 6.07) is 0. The maximum atomic E-state index is 2.52. The average Bonchev–Trinajstić information content (AvgIpc) is 1.86. The van der Waals surface area contributed by atoms with Gasteiger partial charge in [-0.15, -0.1) is 0 Å². The van der Waals surface area contributed by atoms with Crippen LogP contribution in [0.4, 0.5) is 0 Å². The van der Waals surface area contributed by atoms with E-state index in [2.05, 4.69) is 49.9 Å². The van der Waals surface area contributed by atoms with Crippen LogP contribution in [0.3, 0.4) is 0 Å². The van der Waals surface area contributed by atoms with Gasteiger partial charge in [-0.1, -0.05) is 39.3 Å². The summed E-state index contributed by atoms with van der Waals surface area (Å²) in [4.78, 5) is 0. The van der Waals surface area contributed by atoms with Crippen LogP contribution in [0.15, 0.2) is 0 Å². The first kappa shape index (κ1) is 12.2. The Hall–Kier alpha value is 1.22. The van der Waals surface area contributed by atoms with Gasteiger partial charge in [0.05, 0.1) is 13.5 Å². The highest BCUT2D eigenvalue weighted by atomic mass is 32.6. The Kier molecular flexibility index (Phi) is 4.95. The molecule has 4 radical (unpaired) electrons. The van der Waals surface area contributed by atoms with Crippen molar-refractivity contribution in [2.24, 2.45) is 0 Å². The van der Waals surface area contributed by atoms with Gasteiger partial charge in [0.15, 0.2) is 0 Å². The van der Waals surface area contributed by atoms with Gasteiger partial charge in [-0.25, -0.2) is 10.7 Å². The molecule has 0 aliphatic rings. The molecular formula is C6H18SSi4. The lowest BCUT2D eigenvalue weighted by atomic mass is 11.9. The van der Waals surface area contributed by atoms with Crippen LogP contribution >= 0.6 is 10.7 Å². The van der Waals surface area contributed by atoms with Crippen molar-refractivity contribution in [2.75, 3.05) is 0 Å². The van der Waals surface area contributed by atoms with Gasteiger partial charge in [-0.3, -0.25) is 0 Å². The summed E-state index contributed by atoms with van der Waals surface area (Å²) >= 11 is 0. The lowest BCUT2D eigenvalue weighted by Gasteiger charge is -2.29. The van der Waals surface area contributed by atoms with Crippen LogP contribution in [-0.4, -0.2) is 31.6 Å². The van der Waals surface area contributed by atoms with Gasteiger partial charge >= 0.3 is 0 Å². The zero-order chi connectivity index (χ0) is 9.12. The molecule has 0 atom stereocenters. The van der Waals surface area contributed by atoms with Gasteiger partial charge in [0.25, 0.3) is 0 Å². The van der Waals surface area contributed by atoms with Gasteiger partial charge < -0.3 is 0 Å². The van der Waals surface area contributed by atoms with Crippen molar-refractivity contribution in [2.45, 2.75) is 39.3 Å². The van der Waals surface area contributed by atoms with Crippen molar-refractivity contribution < 1.29 is 0 Å².